The zero-order valence-corrected chi connectivity index (χ0v) is 12.7. The van der Waals surface area contributed by atoms with Crippen molar-refractivity contribution in [1.82, 2.24) is 15.1 Å². The van der Waals surface area contributed by atoms with Crippen LogP contribution < -0.4 is 5.32 Å². The lowest BCUT2D eigenvalue weighted by molar-refractivity contribution is -0.153. The first-order valence-electron chi connectivity index (χ1n) is 7.95. The Kier molecular flexibility index (Phi) is 5.40. The minimum Gasteiger partial charge on any atom is -0.332 e. The Morgan fingerprint density at radius 1 is 1.40 bits per heavy atom. The zero-order chi connectivity index (χ0) is 14.5. The lowest BCUT2D eigenvalue weighted by atomic mass is 10.1. The van der Waals surface area contributed by atoms with E-state index in [-0.39, 0.29) is 24.4 Å². The summed E-state index contributed by atoms with van der Waals surface area (Å²) in [6.07, 6.45) is 4.96. The quantitative estimate of drug-likeness (QED) is 0.757. The molecule has 114 valence electrons. The highest BCUT2D eigenvalue weighted by atomic mass is 16.2. The van der Waals surface area contributed by atoms with Crippen LogP contribution in [0.15, 0.2) is 0 Å². The lowest BCUT2D eigenvalue weighted by Gasteiger charge is -2.36. The predicted octanol–water partition coefficient (Wildman–Crippen LogP) is 0.988. The Morgan fingerprint density at radius 2 is 2.20 bits per heavy atom. The number of hydrogen-bond donors (Lipinski definition) is 1. The van der Waals surface area contributed by atoms with Crippen molar-refractivity contribution in [2.45, 2.75) is 58.0 Å². The van der Waals surface area contributed by atoms with Crippen LogP contribution in [0.4, 0.5) is 0 Å². The van der Waals surface area contributed by atoms with Gasteiger partial charge in [-0.1, -0.05) is 6.92 Å². The molecule has 2 aliphatic rings. The summed E-state index contributed by atoms with van der Waals surface area (Å²) in [6.45, 7) is 7.14. The number of fused-ring (bicyclic) bond motifs is 1. The van der Waals surface area contributed by atoms with Crippen molar-refractivity contribution in [2.24, 2.45) is 0 Å². The van der Waals surface area contributed by atoms with Crippen LogP contribution in [0.3, 0.4) is 0 Å². The fourth-order valence-corrected chi connectivity index (χ4v) is 3.14. The number of carbonyl (C=O) groups is 2. The van der Waals surface area contributed by atoms with Crippen molar-refractivity contribution in [3.63, 3.8) is 0 Å². The van der Waals surface area contributed by atoms with Crippen LogP contribution in [0.2, 0.25) is 0 Å². The van der Waals surface area contributed by atoms with E-state index in [9.17, 15) is 9.59 Å². The molecule has 1 N–H and O–H groups in total. The van der Waals surface area contributed by atoms with Gasteiger partial charge in [0.05, 0.1) is 6.54 Å². The second kappa shape index (κ2) is 7.07. The fourth-order valence-electron chi connectivity index (χ4n) is 3.14. The topological polar surface area (TPSA) is 52.7 Å². The van der Waals surface area contributed by atoms with Crippen molar-refractivity contribution >= 4 is 11.8 Å². The Morgan fingerprint density at radius 3 is 2.95 bits per heavy atom. The van der Waals surface area contributed by atoms with Crippen LogP contribution >= 0.6 is 0 Å². The van der Waals surface area contributed by atoms with E-state index in [4.69, 9.17) is 0 Å². The molecule has 2 atom stereocenters. The summed E-state index contributed by atoms with van der Waals surface area (Å²) >= 11 is 0. The number of carbonyl (C=O) groups excluding carboxylic acids is 2. The molecule has 5 nitrogen and oxygen atoms in total. The summed E-state index contributed by atoms with van der Waals surface area (Å²) in [5, 5.41) is 3.45. The van der Waals surface area contributed by atoms with E-state index in [1.165, 1.54) is 0 Å². The highest BCUT2D eigenvalue weighted by molar-refractivity contribution is 5.95. The first-order chi connectivity index (χ1) is 9.63. The highest BCUT2D eigenvalue weighted by Gasteiger charge is 2.41. The largest absolute Gasteiger partial charge is 0.332 e. The summed E-state index contributed by atoms with van der Waals surface area (Å²) < 4.78 is 0. The fraction of sp³-hybridized carbons (Fsp3) is 0.867. The highest BCUT2D eigenvalue weighted by Crippen LogP contribution is 2.23. The second-order valence-electron chi connectivity index (χ2n) is 6.00. The van der Waals surface area contributed by atoms with Crippen LogP contribution in [0.5, 0.6) is 0 Å². The molecule has 0 saturated carbocycles. The molecule has 20 heavy (non-hydrogen) atoms. The number of nitrogens with zero attached hydrogens (tertiary/aromatic N) is 2. The number of nitrogens with one attached hydrogen (secondary N) is 1. The maximum atomic E-state index is 12.3. The third-order valence-electron chi connectivity index (χ3n) is 4.30. The molecule has 0 aromatic rings. The number of hydrogen-bond acceptors (Lipinski definition) is 3. The van der Waals surface area contributed by atoms with Gasteiger partial charge < -0.3 is 15.1 Å². The van der Waals surface area contributed by atoms with E-state index < -0.39 is 0 Å². The third-order valence-corrected chi connectivity index (χ3v) is 4.30. The molecule has 5 heteroatoms. The number of piperazine rings is 1. The Hall–Kier alpha value is -1.10. The molecule has 0 spiro atoms. The molecule has 2 unspecified atom stereocenters. The smallest absolute Gasteiger partial charge is 0.245 e. The van der Waals surface area contributed by atoms with E-state index in [1.807, 2.05) is 0 Å². The summed E-state index contributed by atoms with van der Waals surface area (Å²) in [7, 11) is 0. The van der Waals surface area contributed by atoms with E-state index >= 15 is 0 Å². The van der Waals surface area contributed by atoms with Gasteiger partial charge in [0.2, 0.25) is 11.8 Å². The Balaban J connectivity index is 1.75. The molecule has 0 aliphatic carbocycles. The van der Waals surface area contributed by atoms with Gasteiger partial charge in [0.25, 0.3) is 0 Å². The molecule has 2 amide bonds. The summed E-state index contributed by atoms with van der Waals surface area (Å²) in [6, 6.07) is 0.320. The van der Waals surface area contributed by atoms with Gasteiger partial charge >= 0.3 is 0 Å². The normalized spacial score (nSPS) is 24.2. The van der Waals surface area contributed by atoms with E-state index in [0.717, 1.165) is 45.2 Å². The van der Waals surface area contributed by atoms with Gasteiger partial charge in [-0.2, -0.15) is 0 Å². The maximum absolute atomic E-state index is 12.3. The van der Waals surface area contributed by atoms with E-state index in [2.05, 4.69) is 19.2 Å². The zero-order valence-electron chi connectivity index (χ0n) is 12.7. The Labute approximate surface area is 121 Å². The minimum atomic E-state index is -0.160. The number of rotatable bonds is 7. The van der Waals surface area contributed by atoms with Crippen LogP contribution in [-0.4, -0.2) is 59.9 Å². The molecule has 2 heterocycles. The first-order valence-corrected chi connectivity index (χ1v) is 7.95. The van der Waals surface area contributed by atoms with Gasteiger partial charge in [0, 0.05) is 19.1 Å². The van der Waals surface area contributed by atoms with Crippen LogP contribution in [-0.2, 0) is 9.59 Å². The van der Waals surface area contributed by atoms with Gasteiger partial charge in [-0.3, -0.25) is 9.59 Å². The Bertz CT molecular complexity index is 359. The average Bonchev–Trinajstić information content (AvgIpc) is 2.92. The van der Waals surface area contributed by atoms with Crippen molar-refractivity contribution in [1.29, 1.82) is 0 Å². The third kappa shape index (κ3) is 3.51. The van der Waals surface area contributed by atoms with Gasteiger partial charge in [-0.05, 0) is 45.6 Å². The van der Waals surface area contributed by atoms with Crippen molar-refractivity contribution < 1.29 is 9.59 Å². The van der Waals surface area contributed by atoms with E-state index in [1.54, 1.807) is 9.80 Å². The van der Waals surface area contributed by atoms with Crippen molar-refractivity contribution in [2.75, 3.05) is 26.2 Å². The van der Waals surface area contributed by atoms with Gasteiger partial charge in [0.1, 0.15) is 6.04 Å². The van der Waals surface area contributed by atoms with Gasteiger partial charge in [-0.15, -0.1) is 0 Å². The molecule has 0 radical (unpaired) electrons. The van der Waals surface area contributed by atoms with Crippen LogP contribution in [0.25, 0.3) is 0 Å². The summed E-state index contributed by atoms with van der Waals surface area (Å²) in [5.41, 5.74) is 0. The van der Waals surface area contributed by atoms with Gasteiger partial charge in [0.15, 0.2) is 0 Å². The molecular formula is C15H27N3O2. The lowest BCUT2D eigenvalue weighted by Crippen LogP contribution is -2.57. The maximum Gasteiger partial charge on any atom is 0.245 e. The predicted molar refractivity (Wildman–Crippen MR) is 78.3 cm³/mol. The second-order valence-corrected chi connectivity index (χ2v) is 6.00. The molecule has 0 aromatic carbocycles. The number of amides is 2. The van der Waals surface area contributed by atoms with E-state index in [0.29, 0.717) is 12.6 Å². The average molecular weight is 281 g/mol. The molecule has 2 rings (SSSR count). The molecule has 0 bridgehead atoms. The van der Waals surface area contributed by atoms with Crippen molar-refractivity contribution in [3.8, 4) is 0 Å². The van der Waals surface area contributed by atoms with Crippen LogP contribution in [0, 0.1) is 0 Å². The summed E-state index contributed by atoms with van der Waals surface area (Å²) in [5.74, 6) is 0.292. The van der Waals surface area contributed by atoms with Crippen molar-refractivity contribution in [3.05, 3.63) is 0 Å². The summed E-state index contributed by atoms with van der Waals surface area (Å²) in [4.78, 5) is 27.8. The SMILES string of the molecule is CCCNC(C)CCCN1CC(=O)N2CCCC2C1=O. The molecular weight excluding hydrogens is 254 g/mol. The minimum absolute atomic E-state index is 0.129. The molecule has 2 aliphatic heterocycles. The van der Waals surface area contributed by atoms with Crippen LogP contribution in [0.1, 0.15) is 46.0 Å². The molecule has 0 aromatic heterocycles. The van der Waals surface area contributed by atoms with Gasteiger partial charge in [-0.25, -0.2) is 0 Å². The first kappa shape index (κ1) is 15.3. The monoisotopic (exact) mass is 281 g/mol. The molecule has 2 fully saturated rings. The standard InChI is InChI=1S/C15H27N3O2/c1-3-8-16-12(2)6-4-9-17-11-14(19)18-10-5-7-13(18)15(17)20/h12-13,16H,3-11H2,1-2H3. The molecule has 2 saturated heterocycles.